The number of hydrogen-bond donors (Lipinski definition) is 0. The van der Waals surface area contributed by atoms with Gasteiger partial charge in [-0.2, -0.15) is 0 Å². The van der Waals surface area contributed by atoms with Crippen molar-refractivity contribution in [3.05, 3.63) is 53.5 Å². The van der Waals surface area contributed by atoms with E-state index >= 15 is 0 Å². The maximum atomic E-state index is 13.0. The Bertz CT molecular complexity index is 1090. The molecule has 0 spiro atoms. The molecule has 5 rings (SSSR count). The zero-order valence-corrected chi connectivity index (χ0v) is 20.6. The second kappa shape index (κ2) is 10.7. The first-order valence-corrected chi connectivity index (χ1v) is 13.2. The average Bonchev–Trinajstić information content (AvgIpc) is 3.40. The predicted molar refractivity (Wildman–Crippen MR) is 136 cm³/mol. The van der Waals surface area contributed by atoms with Gasteiger partial charge in [-0.3, -0.25) is 9.69 Å². The molecule has 34 heavy (non-hydrogen) atoms. The number of benzene rings is 2. The maximum absolute atomic E-state index is 13.0. The molecule has 6 nitrogen and oxygen atoms in total. The molecule has 1 aromatic heterocycles. The summed E-state index contributed by atoms with van der Waals surface area (Å²) in [4.78, 5) is 21.9. The number of hydrogen-bond acceptors (Lipinski definition) is 6. The van der Waals surface area contributed by atoms with Gasteiger partial charge in [-0.15, -0.1) is 0 Å². The summed E-state index contributed by atoms with van der Waals surface area (Å²) < 4.78 is 11.6. The van der Waals surface area contributed by atoms with E-state index in [2.05, 4.69) is 33.0 Å². The van der Waals surface area contributed by atoms with Crippen molar-refractivity contribution in [2.45, 2.75) is 50.7 Å². The molecule has 2 aliphatic rings. The molecule has 3 aromatic rings. The minimum absolute atomic E-state index is 0.254. The van der Waals surface area contributed by atoms with E-state index in [4.69, 9.17) is 9.47 Å². The number of rotatable bonds is 7. The number of thiazole rings is 1. The monoisotopic (exact) mass is 479 g/mol. The summed E-state index contributed by atoms with van der Waals surface area (Å²) >= 11 is 1.56. The Hall–Kier alpha value is -2.64. The first-order valence-electron chi connectivity index (χ1n) is 12.3. The van der Waals surface area contributed by atoms with E-state index in [1.54, 1.807) is 24.6 Å². The van der Waals surface area contributed by atoms with Crippen molar-refractivity contribution in [1.82, 2.24) is 14.8 Å². The van der Waals surface area contributed by atoms with Crippen LogP contribution in [0.1, 0.15) is 37.7 Å². The summed E-state index contributed by atoms with van der Waals surface area (Å²) in [6.07, 6.45) is 7.50. The molecule has 180 valence electrons. The van der Waals surface area contributed by atoms with Crippen LogP contribution in [0.2, 0.25) is 0 Å². The molecule has 1 amide bonds. The standard InChI is InChI=1S/C27H33N3O3S/c1-32-25-8-6-20-4-2-3-5-23(20)24(25)7-9-26(31)30-15-10-21(11-16-30)29-17-12-22(13-18-29)33-27-28-14-19-34-27/h2-6,8,14,19,21-22H,7,9-13,15-18H2,1H3. The van der Waals surface area contributed by atoms with E-state index in [-0.39, 0.29) is 12.0 Å². The van der Waals surface area contributed by atoms with Gasteiger partial charge in [-0.25, -0.2) is 4.98 Å². The Balaban J connectivity index is 1.10. The Morgan fingerprint density at radius 2 is 1.85 bits per heavy atom. The van der Waals surface area contributed by atoms with Crippen LogP contribution < -0.4 is 9.47 Å². The second-order valence-electron chi connectivity index (χ2n) is 9.23. The molecule has 2 saturated heterocycles. The number of aromatic nitrogens is 1. The number of likely N-dealkylation sites (tertiary alicyclic amines) is 2. The van der Waals surface area contributed by atoms with Gasteiger partial charge in [0, 0.05) is 55.8 Å². The number of methoxy groups -OCH3 is 1. The third kappa shape index (κ3) is 5.20. The lowest BCUT2D eigenvalue weighted by Crippen LogP contribution is -2.50. The lowest BCUT2D eigenvalue weighted by atomic mass is 9.97. The van der Waals surface area contributed by atoms with Gasteiger partial charge in [-0.05, 0) is 48.9 Å². The zero-order valence-electron chi connectivity index (χ0n) is 19.8. The van der Waals surface area contributed by atoms with E-state index in [1.165, 1.54) is 10.8 Å². The van der Waals surface area contributed by atoms with Crippen molar-refractivity contribution in [2.75, 3.05) is 33.3 Å². The van der Waals surface area contributed by atoms with Gasteiger partial charge in [0.25, 0.3) is 5.19 Å². The topological polar surface area (TPSA) is 54.9 Å². The number of nitrogens with zero attached hydrogens (tertiary/aromatic N) is 3. The Labute approximate surface area is 205 Å². The highest BCUT2D eigenvalue weighted by Gasteiger charge is 2.30. The molecule has 2 fully saturated rings. The minimum Gasteiger partial charge on any atom is -0.496 e. The maximum Gasteiger partial charge on any atom is 0.273 e. The third-order valence-corrected chi connectivity index (χ3v) is 7.95. The molecule has 0 atom stereocenters. The van der Waals surface area contributed by atoms with Crippen molar-refractivity contribution < 1.29 is 14.3 Å². The fraction of sp³-hybridized carbons (Fsp3) is 0.481. The van der Waals surface area contributed by atoms with Crippen LogP contribution in [0.4, 0.5) is 0 Å². The van der Waals surface area contributed by atoms with E-state index in [0.717, 1.165) is 68.4 Å². The minimum atomic E-state index is 0.254. The van der Waals surface area contributed by atoms with Gasteiger partial charge in [0.1, 0.15) is 11.9 Å². The van der Waals surface area contributed by atoms with E-state index in [9.17, 15) is 4.79 Å². The highest BCUT2D eigenvalue weighted by atomic mass is 32.1. The van der Waals surface area contributed by atoms with Crippen molar-refractivity contribution in [3.63, 3.8) is 0 Å². The summed E-state index contributed by atoms with van der Waals surface area (Å²) in [6, 6.07) is 13.0. The molecule has 7 heteroatoms. The van der Waals surface area contributed by atoms with Crippen molar-refractivity contribution in [1.29, 1.82) is 0 Å². The molecule has 0 radical (unpaired) electrons. The van der Waals surface area contributed by atoms with Crippen LogP contribution in [0, 0.1) is 0 Å². The first-order chi connectivity index (χ1) is 16.7. The average molecular weight is 480 g/mol. The number of amides is 1. The van der Waals surface area contributed by atoms with Crippen molar-refractivity contribution in [3.8, 4) is 10.9 Å². The van der Waals surface area contributed by atoms with Crippen LogP contribution in [-0.4, -0.2) is 66.1 Å². The van der Waals surface area contributed by atoms with Gasteiger partial charge in [0.05, 0.1) is 7.11 Å². The van der Waals surface area contributed by atoms with Gasteiger partial charge in [-0.1, -0.05) is 41.7 Å². The summed E-state index contributed by atoms with van der Waals surface area (Å²) in [5, 5.41) is 5.10. The first kappa shape index (κ1) is 23.1. The van der Waals surface area contributed by atoms with Crippen LogP contribution in [0.5, 0.6) is 10.9 Å². The highest BCUT2D eigenvalue weighted by molar-refractivity contribution is 7.11. The lowest BCUT2D eigenvalue weighted by Gasteiger charge is -2.41. The van der Waals surface area contributed by atoms with Gasteiger partial charge in [0.15, 0.2) is 0 Å². The Kier molecular flexibility index (Phi) is 7.30. The summed E-state index contributed by atoms with van der Waals surface area (Å²) in [6.45, 7) is 3.84. The Morgan fingerprint density at radius 1 is 1.06 bits per heavy atom. The predicted octanol–water partition coefficient (Wildman–Crippen LogP) is 4.77. The summed E-state index contributed by atoms with van der Waals surface area (Å²) in [5.41, 5.74) is 1.13. The fourth-order valence-corrected chi connectivity index (χ4v) is 5.96. The van der Waals surface area contributed by atoms with E-state index < -0.39 is 0 Å². The van der Waals surface area contributed by atoms with Crippen LogP contribution in [-0.2, 0) is 11.2 Å². The number of fused-ring (bicyclic) bond motifs is 1. The molecule has 0 saturated carbocycles. The summed E-state index contributed by atoms with van der Waals surface area (Å²) in [7, 11) is 1.70. The van der Waals surface area contributed by atoms with Crippen LogP contribution in [0.25, 0.3) is 10.8 Å². The number of ether oxygens (including phenoxy) is 2. The summed E-state index contributed by atoms with van der Waals surface area (Å²) in [5.74, 6) is 1.12. The lowest BCUT2D eigenvalue weighted by molar-refractivity contribution is -0.132. The SMILES string of the molecule is COc1ccc2ccccc2c1CCC(=O)N1CCC(N2CCC(Oc3nccs3)CC2)CC1. The van der Waals surface area contributed by atoms with Crippen LogP contribution in [0.15, 0.2) is 48.0 Å². The molecule has 0 unspecified atom stereocenters. The third-order valence-electron chi connectivity index (χ3n) is 7.29. The normalized spacial score (nSPS) is 18.3. The quantitative estimate of drug-likeness (QED) is 0.489. The van der Waals surface area contributed by atoms with Crippen LogP contribution >= 0.6 is 11.3 Å². The van der Waals surface area contributed by atoms with Crippen molar-refractivity contribution >= 4 is 28.0 Å². The van der Waals surface area contributed by atoms with Gasteiger partial charge < -0.3 is 14.4 Å². The molecular weight excluding hydrogens is 446 g/mol. The molecule has 0 N–H and O–H groups in total. The highest BCUT2D eigenvalue weighted by Crippen LogP contribution is 2.30. The molecule has 2 aromatic carbocycles. The zero-order chi connectivity index (χ0) is 23.3. The molecular formula is C27H33N3O3S. The second-order valence-corrected chi connectivity index (χ2v) is 10.1. The molecule has 0 aliphatic carbocycles. The Morgan fingerprint density at radius 3 is 2.59 bits per heavy atom. The largest absolute Gasteiger partial charge is 0.496 e. The fourth-order valence-electron chi connectivity index (χ4n) is 5.41. The van der Waals surface area contributed by atoms with E-state index in [0.29, 0.717) is 18.9 Å². The molecule has 3 heterocycles. The number of carbonyl (C=O) groups excluding carboxylic acids is 1. The molecule has 0 bridgehead atoms. The molecule has 2 aliphatic heterocycles. The van der Waals surface area contributed by atoms with E-state index in [1.807, 2.05) is 23.6 Å². The smallest absolute Gasteiger partial charge is 0.273 e. The number of piperidine rings is 2. The number of carbonyl (C=O) groups is 1. The van der Waals surface area contributed by atoms with Gasteiger partial charge in [0.2, 0.25) is 5.91 Å². The van der Waals surface area contributed by atoms with Crippen molar-refractivity contribution in [2.24, 2.45) is 0 Å². The van der Waals surface area contributed by atoms with Gasteiger partial charge >= 0.3 is 0 Å². The van der Waals surface area contributed by atoms with Crippen LogP contribution in [0.3, 0.4) is 0 Å². The number of aryl methyl sites for hydroxylation is 1.